The molecule has 0 spiro atoms. The number of allylic oxidation sites excluding steroid dienone is 1. The smallest absolute Gasteiger partial charge is 0.221 e. The summed E-state index contributed by atoms with van der Waals surface area (Å²) >= 11 is 0. The molecular weight excluding hydrogens is 328 g/mol. The number of benzene rings is 1. The summed E-state index contributed by atoms with van der Waals surface area (Å²) in [6.45, 7) is 3.06. The van der Waals surface area contributed by atoms with E-state index in [1.165, 1.54) is 31.8 Å². The number of para-hydroxylation sites is 1. The molecule has 5 nitrogen and oxygen atoms in total. The molecule has 0 heterocycles. The number of ether oxygens (including phenoxy) is 1. The molecule has 0 saturated carbocycles. The van der Waals surface area contributed by atoms with Gasteiger partial charge in [0, 0.05) is 38.5 Å². The summed E-state index contributed by atoms with van der Waals surface area (Å²) < 4.78 is 5.34. The maximum Gasteiger partial charge on any atom is 0.221 e. The van der Waals surface area contributed by atoms with E-state index in [9.17, 15) is 9.59 Å². The highest BCUT2D eigenvalue weighted by molar-refractivity contribution is 5.78. The lowest BCUT2D eigenvalue weighted by Gasteiger charge is -2.22. The van der Waals surface area contributed by atoms with Crippen LogP contribution in [0.4, 0.5) is 0 Å². The highest BCUT2D eigenvalue weighted by atomic mass is 16.5. The van der Waals surface area contributed by atoms with E-state index in [0.29, 0.717) is 26.1 Å². The van der Waals surface area contributed by atoms with E-state index in [4.69, 9.17) is 4.74 Å². The minimum absolute atomic E-state index is 0.00677. The number of rotatable bonds is 9. The van der Waals surface area contributed by atoms with Gasteiger partial charge < -0.3 is 15.0 Å². The molecule has 1 aromatic carbocycles. The molecular formula is C21H30N2O3. The Morgan fingerprint density at radius 1 is 1.23 bits per heavy atom. The van der Waals surface area contributed by atoms with E-state index in [0.717, 1.165) is 24.2 Å². The molecule has 0 aromatic heterocycles. The number of nitrogens with one attached hydrogen (secondary N) is 1. The molecule has 0 radical (unpaired) electrons. The second kappa shape index (κ2) is 10.6. The third kappa shape index (κ3) is 6.54. The van der Waals surface area contributed by atoms with Crippen LogP contribution in [0.1, 0.15) is 51.0 Å². The molecule has 26 heavy (non-hydrogen) atoms. The van der Waals surface area contributed by atoms with Crippen molar-refractivity contribution >= 4 is 11.8 Å². The Bertz CT molecular complexity index is 640. The third-order valence-corrected chi connectivity index (χ3v) is 4.76. The molecule has 0 atom stereocenters. The number of methoxy groups -OCH3 is 1. The predicted octanol–water partition coefficient (Wildman–Crippen LogP) is 3.44. The van der Waals surface area contributed by atoms with Crippen LogP contribution in [0.25, 0.3) is 0 Å². The average molecular weight is 358 g/mol. The number of carbonyl (C=O) groups excluding carboxylic acids is 2. The highest BCUT2D eigenvalue weighted by Gasteiger charge is 2.14. The zero-order valence-corrected chi connectivity index (χ0v) is 15.9. The van der Waals surface area contributed by atoms with Gasteiger partial charge in [-0.2, -0.15) is 0 Å². The van der Waals surface area contributed by atoms with Gasteiger partial charge >= 0.3 is 0 Å². The lowest BCUT2D eigenvalue weighted by atomic mass is 9.97. The van der Waals surface area contributed by atoms with Crippen molar-refractivity contribution in [1.82, 2.24) is 10.2 Å². The van der Waals surface area contributed by atoms with Gasteiger partial charge in [-0.25, -0.2) is 0 Å². The van der Waals surface area contributed by atoms with Gasteiger partial charge in [0.1, 0.15) is 5.75 Å². The Balaban J connectivity index is 1.77. The number of nitrogens with zero attached hydrogens (tertiary/aromatic N) is 1. The van der Waals surface area contributed by atoms with Crippen molar-refractivity contribution in [3.05, 3.63) is 41.5 Å². The van der Waals surface area contributed by atoms with Gasteiger partial charge in [0.25, 0.3) is 0 Å². The van der Waals surface area contributed by atoms with Gasteiger partial charge in [-0.3, -0.25) is 9.59 Å². The molecule has 142 valence electrons. The van der Waals surface area contributed by atoms with Gasteiger partial charge in [-0.1, -0.05) is 29.8 Å². The fourth-order valence-corrected chi connectivity index (χ4v) is 3.21. The lowest BCUT2D eigenvalue weighted by molar-refractivity contribution is -0.130. The number of hydrogen-bond donors (Lipinski definition) is 1. The van der Waals surface area contributed by atoms with Crippen molar-refractivity contribution in [3.8, 4) is 5.75 Å². The molecule has 2 amide bonds. The zero-order valence-electron chi connectivity index (χ0n) is 15.9. The van der Waals surface area contributed by atoms with Gasteiger partial charge in [-0.15, -0.1) is 0 Å². The summed E-state index contributed by atoms with van der Waals surface area (Å²) in [5.41, 5.74) is 2.40. The van der Waals surface area contributed by atoms with Crippen LogP contribution in [0.2, 0.25) is 0 Å². The summed E-state index contributed by atoms with van der Waals surface area (Å²) in [6, 6.07) is 7.63. The largest absolute Gasteiger partial charge is 0.496 e. The lowest BCUT2D eigenvalue weighted by Crippen LogP contribution is -2.34. The van der Waals surface area contributed by atoms with Gasteiger partial charge in [0.05, 0.1) is 7.11 Å². The minimum Gasteiger partial charge on any atom is -0.496 e. The monoisotopic (exact) mass is 358 g/mol. The highest BCUT2D eigenvalue weighted by Crippen LogP contribution is 2.20. The van der Waals surface area contributed by atoms with E-state index >= 15 is 0 Å². The second-order valence-corrected chi connectivity index (χ2v) is 6.71. The summed E-state index contributed by atoms with van der Waals surface area (Å²) in [7, 11) is 1.62. The summed E-state index contributed by atoms with van der Waals surface area (Å²) in [5.74, 6) is 0.702. The van der Waals surface area contributed by atoms with Crippen molar-refractivity contribution < 1.29 is 14.3 Å². The Labute approximate surface area is 156 Å². The van der Waals surface area contributed by atoms with Gasteiger partial charge in [-0.05, 0) is 38.2 Å². The summed E-state index contributed by atoms with van der Waals surface area (Å²) in [4.78, 5) is 25.7. The quantitative estimate of drug-likeness (QED) is 0.688. The molecule has 0 aliphatic heterocycles. The standard InChI is InChI=1S/C21H30N2O3/c1-17(24)23(16-19-10-6-7-11-20(19)26-2)15-13-21(25)22-14-12-18-8-4-3-5-9-18/h6-8,10-11H,3-5,9,12-16H2,1-2H3,(H,22,25). The first-order valence-electron chi connectivity index (χ1n) is 9.42. The third-order valence-electron chi connectivity index (χ3n) is 4.76. The van der Waals surface area contributed by atoms with Crippen LogP contribution in [0.5, 0.6) is 5.75 Å². The van der Waals surface area contributed by atoms with Crippen LogP contribution in [0, 0.1) is 0 Å². The van der Waals surface area contributed by atoms with E-state index in [1.807, 2.05) is 24.3 Å². The zero-order chi connectivity index (χ0) is 18.8. The first-order chi connectivity index (χ1) is 12.6. The second-order valence-electron chi connectivity index (χ2n) is 6.71. The van der Waals surface area contributed by atoms with Crippen molar-refractivity contribution in [2.75, 3.05) is 20.2 Å². The van der Waals surface area contributed by atoms with Crippen molar-refractivity contribution in [3.63, 3.8) is 0 Å². The maximum absolute atomic E-state index is 12.1. The molecule has 0 unspecified atom stereocenters. The summed E-state index contributed by atoms with van der Waals surface area (Å²) in [6.07, 6.45) is 8.42. The number of carbonyl (C=O) groups is 2. The predicted molar refractivity (Wildman–Crippen MR) is 103 cm³/mol. The van der Waals surface area contributed by atoms with E-state index in [2.05, 4.69) is 11.4 Å². The fourth-order valence-electron chi connectivity index (χ4n) is 3.21. The molecule has 0 fully saturated rings. The fraction of sp³-hybridized carbons (Fsp3) is 0.524. The van der Waals surface area contributed by atoms with Crippen LogP contribution >= 0.6 is 0 Å². The van der Waals surface area contributed by atoms with Crippen molar-refractivity contribution in [1.29, 1.82) is 0 Å². The van der Waals surface area contributed by atoms with Crippen molar-refractivity contribution in [2.45, 2.75) is 52.0 Å². The Morgan fingerprint density at radius 3 is 2.73 bits per heavy atom. The molecule has 1 aliphatic carbocycles. The number of hydrogen-bond acceptors (Lipinski definition) is 3. The molecule has 0 saturated heterocycles. The van der Waals surface area contributed by atoms with Crippen LogP contribution in [-0.4, -0.2) is 36.9 Å². The van der Waals surface area contributed by atoms with Crippen molar-refractivity contribution in [2.24, 2.45) is 0 Å². The molecule has 1 aliphatic rings. The SMILES string of the molecule is COc1ccccc1CN(CCC(=O)NCCC1=CCCCC1)C(C)=O. The normalized spacial score (nSPS) is 13.7. The van der Waals surface area contributed by atoms with Crippen LogP contribution in [-0.2, 0) is 16.1 Å². The number of amides is 2. The van der Waals surface area contributed by atoms with Gasteiger partial charge in [0.15, 0.2) is 0 Å². The minimum atomic E-state index is -0.0453. The first kappa shape index (κ1) is 20.0. The molecule has 5 heteroatoms. The maximum atomic E-state index is 12.1. The van der Waals surface area contributed by atoms with E-state index < -0.39 is 0 Å². The van der Waals surface area contributed by atoms with E-state index in [1.54, 1.807) is 12.0 Å². The molecule has 0 bridgehead atoms. The van der Waals surface area contributed by atoms with Gasteiger partial charge in [0.2, 0.25) is 11.8 Å². The molecule has 2 rings (SSSR count). The van der Waals surface area contributed by atoms with E-state index in [-0.39, 0.29) is 11.8 Å². The van der Waals surface area contributed by atoms with Crippen LogP contribution < -0.4 is 10.1 Å². The topological polar surface area (TPSA) is 58.6 Å². The summed E-state index contributed by atoms with van der Waals surface area (Å²) in [5, 5.41) is 2.97. The Morgan fingerprint density at radius 2 is 2.04 bits per heavy atom. The average Bonchev–Trinajstić information content (AvgIpc) is 2.66. The Kier molecular flexibility index (Phi) is 8.19. The Hall–Kier alpha value is -2.30. The first-order valence-corrected chi connectivity index (χ1v) is 9.42. The molecule has 1 aromatic rings. The molecule has 1 N–H and O–H groups in total. The van der Waals surface area contributed by atoms with Crippen LogP contribution in [0.3, 0.4) is 0 Å². The van der Waals surface area contributed by atoms with Crippen LogP contribution in [0.15, 0.2) is 35.9 Å².